The maximum absolute atomic E-state index is 12.3. The first kappa shape index (κ1) is 8.03. The topological polar surface area (TPSA) is 28.7 Å². The highest BCUT2D eigenvalue weighted by atomic mass is 19.4. The summed E-state index contributed by atoms with van der Waals surface area (Å²) in [5.74, 6) is -0.711. The SMILES string of the molecule is FC(c1ncc[nH]1)C(F)(F)F. The molecule has 0 saturated heterocycles. The first-order valence-corrected chi connectivity index (χ1v) is 2.72. The summed E-state index contributed by atoms with van der Waals surface area (Å²) < 4.78 is 47.0. The van der Waals surface area contributed by atoms with E-state index in [9.17, 15) is 17.6 Å². The Morgan fingerprint density at radius 3 is 2.45 bits per heavy atom. The van der Waals surface area contributed by atoms with Gasteiger partial charge in [0.15, 0.2) is 0 Å². The van der Waals surface area contributed by atoms with Gasteiger partial charge in [-0.15, -0.1) is 0 Å². The highest BCUT2D eigenvalue weighted by molar-refractivity contribution is 4.94. The molecule has 0 bridgehead atoms. The molecule has 0 amide bonds. The lowest BCUT2D eigenvalue weighted by Crippen LogP contribution is -2.17. The van der Waals surface area contributed by atoms with Crippen molar-refractivity contribution in [2.75, 3.05) is 0 Å². The van der Waals surface area contributed by atoms with Crippen molar-refractivity contribution in [1.82, 2.24) is 9.97 Å². The highest BCUT2D eigenvalue weighted by Gasteiger charge is 2.42. The smallest absolute Gasteiger partial charge is 0.346 e. The fourth-order valence-electron chi connectivity index (χ4n) is 0.571. The zero-order chi connectivity index (χ0) is 8.48. The predicted octanol–water partition coefficient (Wildman–Crippen LogP) is 1.98. The van der Waals surface area contributed by atoms with Crippen LogP contribution < -0.4 is 0 Å². The molecule has 1 aromatic rings. The minimum atomic E-state index is -4.88. The second-order valence-corrected chi connectivity index (χ2v) is 1.88. The molecule has 0 radical (unpaired) electrons. The molecule has 62 valence electrons. The van der Waals surface area contributed by atoms with Crippen molar-refractivity contribution in [3.8, 4) is 0 Å². The van der Waals surface area contributed by atoms with Gasteiger partial charge in [0.2, 0.25) is 0 Å². The second-order valence-electron chi connectivity index (χ2n) is 1.88. The van der Waals surface area contributed by atoms with Crippen LogP contribution in [-0.4, -0.2) is 16.1 Å². The van der Waals surface area contributed by atoms with Gasteiger partial charge in [-0.2, -0.15) is 13.2 Å². The van der Waals surface area contributed by atoms with E-state index in [-0.39, 0.29) is 0 Å². The van der Waals surface area contributed by atoms with Crippen LogP contribution in [0.5, 0.6) is 0 Å². The van der Waals surface area contributed by atoms with Crippen LogP contribution in [0.3, 0.4) is 0 Å². The van der Waals surface area contributed by atoms with Crippen LogP contribution >= 0.6 is 0 Å². The molecule has 1 unspecified atom stereocenters. The summed E-state index contributed by atoms with van der Waals surface area (Å²) in [6, 6.07) is 0. The van der Waals surface area contributed by atoms with Gasteiger partial charge in [-0.05, 0) is 0 Å². The lowest BCUT2D eigenvalue weighted by atomic mass is 10.3. The Labute approximate surface area is 59.3 Å². The first-order chi connectivity index (χ1) is 5.02. The van der Waals surface area contributed by atoms with Gasteiger partial charge in [-0.25, -0.2) is 9.37 Å². The molecular formula is C5H4F4N2. The van der Waals surface area contributed by atoms with Crippen LogP contribution in [0.2, 0.25) is 0 Å². The number of hydrogen-bond acceptors (Lipinski definition) is 1. The largest absolute Gasteiger partial charge is 0.427 e. The number of H-pyrrole nitrogens is 1. The summed E-state index contributed by atoms with van der Waals surface area (Å²) in [7, 11) is 0. The standard InChI is InChI=1S/C5H4F4N2/c6-3(5(7,8)9)4-10-1-2-11-4/h1-3H,(H,10,11). The monoisotopic (exact) mass is 168 g/mol. The number of nitrogens with one attached hydrogen (secondary N) is 1. The molecule has 0 aromatic carbocycles. The third kappa shape index (κ3) is 1.69. The van der Waals surface area contributed by atoms with Crippen molar-refractivity contribution in [3.05, 3.63) is 18.2 Å². The molecule has 0 fully saturated rings. The van der Waals surface area contributed by atoms with Crippen molar-refractivity contribution >= 4 is 0 Å². The molecule has 0 aliphatic rings. The minimum absolute atomic E-state index is 0.711. The van der Waals surface area contributed by atoms with Gasteiger partial charge in [-0.3, -0.25) is 0 Å². The van der Waals surface area contributed by atoms with Gasteiger partial charge in [0.05, 0.1) is 0 Å². The van der Waals surface area contributed by atoms with Crippen molar-refractivity contribution in [3.63, 3.8) is 0 Å². The summed E-state index contributed by atoms with van der Waals surface area (Å²) in [6.45, 7) is 0. The molecule has 1 atom stereocenters. The predicted molar refractivity (Wildman–Crippen MR) is 28.5 cm³/mol. The van der Waals surface area contributed by atoms with Crippen molar-refractivity contribution in [2.24, 2.45) is 0 Å². The summed E-state index contributed by atoms with van der Waals surface area (Å²) in [6.07, 6.45) is -5.70. The van der Waals surface area contributed by atoms with E-state index in [4.69, 9.17) is 0 Å². The summed E-state index contributed by atoms with van der Waals surface area (Å²) in [5.41, 5.74) is 0. The van der Waals surface area contributed by atoms with E-state index in [1.54, 1.807) is 0 Å². The van der Waals surface area contributed by atoms with Gasteiger partial charge >= 0.3 is 6.18 Å². The van der Waals surface area contributed by atoms with E-state index in [1.807, 2.05) is 4.98 Å². The zero-order valence-corrected chi connectivity index (χ0v) is 5.19. The summed E-state index contributed by atoms with van der Waals surface area (Å²) >= 11 is 0. The van der Waals surface area contributed by atoms with Crippen LogP contribution in [0.25, 0.3) is 0 Å². The lowest BCUT2D eigenvalue weighted by Gasteiger charge is -2.08. The van der Waals surface area contributed by atoms with Gasteiger partial charge in [-0.1, -0.05) is 0 Å². The Balaban J connectivity index is 2.78. The maximum atomic E-state index is 12.3. The number of imidazole rings is 1. The Hall–Kier alpha value is -1.07. The Kier molecular flexibility index (Phi) is 1.84. The number of alkyl halides is 4. The maximum Gasteiger partial charge on any atom is 0.427 e. The molecule has 1 aromatic heterocycles. The van der Waals surface area contributed by atoms with Crippen LogP contribution in [0, 0.1) is 0 Å². The van der Waals surface area contributed by atoms with Gasteiger partial charge in [0, 0.05) is 12.4 Å². The molecule has 6 heteroatoms. The molecule has 0 saturated carbocycles. The molecule has 1 heterocycles. The quantitative estimate of drug-likeness (QED) is 0.638. The van der Waals surface area contributed by atoms with E-state index >= 15 is 0 Å². The van der Waals surface area contributed by atoms with Gasteiger partial charge < -0.3 is 4.98 Å². The van der Waals surface area contributed by atoms with Crippen molar-refractivity contribution in [2.45, 2.75) is 12.3 Å². The number of rotatable bonds is 1. The molecule has 1 rings (SSSR count). The molecule has 0 aliphatic carbocycles. The Morgan fingerprint density at radius 2 is 2.09 bits per heavy atom. The normalized spacial score (nSPS) is 14.9. The number of nitrogens with zero attached hydrogens (tertiary/aromatic N) is 1. The van der Waals surface area contributed by atoms with Crippen LogP contribution in [0.1, 0.15) is 12.0 Å². The molecule has 2 nitrogen and oxygen atoms in total. The molecular weight excluding hydrogens is 164 g/mol. The van der Waals surface area contributed by atoms with Crippen LogP contribution in [0.15, 0.2) is 12.4 Å². The van der Waals surface area contributed by atoms with Crippen LogP contribution in [-0.2, 0) is 0 Å². The fourth-order valence-corrected chi connectivity index (χ4v) is 0.571. The van der Waals surface area contributed by atoms with E-state index in [1.165, 1.54) is 0 Å². The van der Waals surface area contributed by atoms with E-state index in [2.05, 4.69) is 4.98 Å². The Bertz CT molecular complexity index is 215. The highest BCUT2D eigenvalue weighted by Crippen LogP contribution is 2.33. The van der Waals surface area contributed by atoms with E-state index in [0.29, 0.717) is 0 Å². The minimum Gasteiger partial charge on any atom is -0.346 e. The van der Waals surface area contributed by atoms with Gasteiger partial charge in [0.1, 0.15) is 5.82 Å². The third-order valence-corrected chi connectivity index (χ3v) is 1.05. The first-order valence-electron chi connectivity index (χ1n) is 2.72. The summed E-state index contributed by atoms with van der Waals surface area (Å²) in [5, 5.41) is 0. The number of hydrogen-bond donors (Lipinski definition) is 1. The average Bonchev–Trinajstić information content (AvgIpc) is 2.34. The van der Waals surface area contributed by atoms with Crippen molar-refractivity contribution in [1.29, 1.82) is 0 Å². The fraction of sp³-hybridized carbons (Fsp3) is 0.400. The van der Waals surface area contributed by atoms with E-state index < -0.39 is 18.2 Å². The number of halogens is 4. The van der Waals surface area contributed by atoms with Crippen molar-refractivity contribution < 1.29 is 17.6 Å². The third-order valence-electron chi connectivity index (χ3n) is 1.05. The molecule has 1 N–H and O–H groups in total. The summed E-state index contributed by atoms with van der Waals surface area (Å²) in [4.78, 5) is 5.17. The molecule has 0 spiro atoms. The zero-order valence-electron chi connectivity index (χ0n) is 5.19. The molecule has 11 heavy (non-hydrogen) atoms. The second kappa shape index (κ2) is 2.52. The number of aromatic nitrogens is 2. The van der Waals surface area contributed by atoms with E-state index in [0.717, 1.165) is 12.4 Å². The van der Waals surface area contributed by atoms with Crippen LogP contribution in [0.4, 0.5) is 17.6 Å². The van der Waals surface area contributed by atoms with Gasteiger partial charge in [0.25, 0.3) is 6.17 Å². The Morgan fingerprint density at radius 1 is 1.45 bits per heavy atom. The number of aromatic amines is 1. The molecule has 0 aliphatic heterocycles. The lowest BCUT2D eigenvalue weighted by molar-refractivity contribution is -0.184. The average molecular weight is 168 g/mol.